The number of nitrogens with zero attached hydrogens (tertiary/aromatic N) is 1. The Morgan fingerprint density at radius 3 is 2.20 bits per heavy atom. The van der Waals surface area contributed by atoms with Crippen LogP contribution in [0.1, 0.15) is 48.8 Å². The van der Waals surface area contributed by atoms with Crippen molar-refractivity contribution < 1.29 is 14.7 Å². The molecule has 136 valence electrons. The fourth-order valence-corrected chi connectivity index (χ4v) is 4.61. The highest BCUT2D eigenvalue weighted by atomic mass is 16.4. The summed E-state index contributed by atoms with van der Waals surface area (Å²) in [6.45, 7) is 5.68. The topological polar surface area (TPSA) is 57.6 Å². The molecule has 0 bridgehead atoms. The molecule has 1 aromatic rings. The number of likely N-dealkylation sites (tertiary alicyclic amines) is 1. The van der Waals surface area contributed by atoms with Gasteiger partial charge in [-0.25, -0.2) is 0 Å². The summed E-state index contributed by atoms with van der Waals surface area (Å²) in [6.07, 6.45) is 5.53. The van der Waals surface area contributed by atoms with E-state index in [-0.39, 0.29) is 12.3 Å². The van der Waals surface area contributed by atoms with Crippen molar-refractivity contribution in [1.29, 1.82) is 0 Å². The van der Waals surface area contributed by atoms with Crippen molar-refractivity contribution in [3.8, 4) is 0 Å². The van der Waals surface area contributed by atoms with Gasteiger partial charge in [-0.15, -0.1) is 0 Å². The summed E-state index contributed by atoms with van der Waals surface area (Å²) in [5.74, 6) is -0.213. The predicted octanol–water partition coefficient (Wildman–Crippen LogP) is 3.59. The van der Waals surface area contributed by atoms with Gasteiger partial charge in [-0.1, -0.05) is 31.0 Å². The highest BCUT2D eigenvalue weighted by Gasteiger charge is 2.37. The lowest BCUT2D eigenvalue weighted by atomic mass is 9.82. The number of hydrogen-bond acceptors (Lipinski definition) is 2. The molecule has 25 heavy (non-hydrogen) atoms. The second-order valence-electron chi connectivity index (χ2n) is 7.92. The molecule has 1 aromatic carbocycles. The Labute approximate surface area is 150 Å². The molecule has 2 fully saturated rings. The van der Waals surface area contributed by atoms with Gasteiger partial charge < -0.3 is 10.0 Å². The number of aliphatic carboxylic acids is 1. The van der Waals surface area contributed by atoms with E-state index in [1.807, 2.05) is 36.9 Å². The Kier molecular flexibility index (Phi) is 5.45. The molecule has 1 saturated carbocycles. The first-order valence-corrected chi connectivity index (χ1v) is 9.51. The molecule has 4 nitrogen and oxygen atoms in total. The Hall–Kier alpha value is -1.84. The minimum absolute atomic E-state index is 0.0213. The maximum Gasteiger partial charge on any atom is 0.307 e. The van der Waals surface area contributed by atoms with E-state index < -0.39 is 11.9 Å². The Morgan fingerprint density at radius 1 is 1.12 bits per heavy atom. The van der Waals surface area contributed by atoms with Gasteiger partial charge in [0.1, 0.15) is 0 Å². The zero-order valence-electron chi connectivity index (χ0n) is 15.3. The molecular weight excluding hydrogens is 314 g/mol. The molecule has 0 spiro atoms. The van der Waals surface area contributed by atoms with Crippen molar-refractivity contribution in [2.45, 2.75) is 52.4 Å². The molecule has 0 aromatic heterocycles. The van der Waals surface area contributed by atoms with Gasteiger partial charge in [0.2, 0.25) is 5.91 Å². The molecular formula is C21H29NO3. The molecule has 1 unspecified atom stereocenters. The third-order valence-corrected chi connectivity index (χ3v) is 6.19. The molecule has 2 aliphatic rings. The Morgan fingerprint density at radius 2 is 1.68 bits per heavy atom. The van der Waals surface area contributed by atoms with Crippen molar-refractivity contribution in [3.05, 3.63) is 34.9 Å². The van der Waals surface area contributed by atoms with Crippen LogP contribution in [0.4, 0.5) is 0 Å². The largest absolute Gasteiger partial charge is 0.481 e. The maximum absolute atomic E-state index is 12.7. The van der Waals surface area contributed by atoms with Crippen LogP contribution in [0.2, 0.25) is 0 Å². The number of carbonyl (C=O) groups excluding carboxylic acids is 1. The van der Waals surface area contributed by atoms with E-state index in [2.05, 4.69) is 0 Å². The summed E-state index contributed by atoms with van der Waals surface area (Å²) >= 11 is 0. The number of carboxylic acid groups (broad SMARTS) is 1. The van der Waals surface area contributed by atoms with Crippen molar-refractivity contribution in [1.82, 2.24) is 4.90 Å². The first-order chi connectivity index (χ1) is 12.0. The van der Waals surface area contributed by atoms with Crippen LogP contribution < -0.4 is 0 Å². The van der Waals surface area contributed by atoms with Gasteiger partial charge in [0, 0.05) is 19.5 Å². The van der Waals surface area contributed by atoms with E-state index >= 15 is 0 Å². The number of benzene rings is 1. The average molecular weight is 343 g/mol. The first kappa shape index (κ1) is 18.0. The monoisotopic (exact) mass is 343 g/mol. The number of carbonyl (C=O) groups is 2. The summed E-state index contributed by atoms with van der Waals surface area (Å²) in [4.78, 5) is 26.4. The first-order valence-electron chi connectivity index (χ1n) is 9.51. The summed E-state index contributed by atoms with van der Waals surface area (Å²) < 4.78 is 0. The van der Waals surface area contributed by atoms with Crippen molar-refractivity contribution >= 4 is 11.9 Å². The van der Waals surface area contributed by atoms with Crippen LogP contribution in [0.5, 0.6) is 0 Å². The van der Waals surface area contributed by atoms with E-state index in [9.17, 15) is 14.7 Å². The van der Waals surface area contributed by atoms with Gasteiger partial charge in [0.15, 0.2) is 0 Å². The van der Waals surface area contributed by atoms with Gasteiger partial charge in [-0.2, -0.15) is 0 Å². The quantitative estimate of drug-likeness (QED) is 0.889. The maximum atomic E-state index is 12.7. The molecule has 1 saturated heterocycles. The van der Waals surface area contributed by atoms with Crippen LogP contribution in [-0.4, -0.2) is 35.0 Å². The normalized spacial score (nSPS) is 24.0. The van der Waals surface area contributed by atoms with E-state index in [0.29, 0.717) is 18.3 Å². The molecule has 3 rings (SSSR count). The molecule has 1 aliphatic heterocycles. The zero-order valence-corrected chi connectivity index (χ0v) is 15.3. The molecule has 3 atom stereocenters. The highest BCUT2D eigenvalue weighted by molar-refractivity contribution is 5.82. The zero-order chi connectivity index (χ0) is 18.0. The molecule has 1 heterocycles. The summed E-state index contributed by atoms with van der Waals surface area (Å²) in [5, 5.41) is 9.64. The SMILES string of the molecule is Cc1cccc(C)c1CC(CC(=O)N1C[C@H]2CCCC[C@H]2C1)C(=O)O. The third kappa shape index (κ3) is 4.05. The lowest BCUT2D eigenvalue weighted by Crippen LogP contribution is -2.33. The molecule has 0 radical (unpaired) electrons. The van der Waals surface area contributed by atoms with Gasteiger partial charge >= 0.3 is 5.97 Å². The highest BCUT2D eigenvalue weighted by Crippen LogP contribution is 2.36. The molecule has 1 aliphatic carbocycles. The van der Waals surface area contributed by atoms with E-state index in [0.717, 1.165) is 29.8 Å². The van der Waals surface area contributed by atoms with Crippen LogP contribution in [-0.2, 0) is 16.0 Å². The minimum atomic E-state index is -0.868. The lowest BCUT2D eigenvalue weighted by Gasteiger charge is -2.22. The standard InChI is InChI=1S/C21H29NO3/c1-14-6-5-7-15(2)19(14)10-18(21(24)25)11-20(23)22-12-16-8-3-4-9-17(16)13-22/h5-7,16-18H,3-4,8-13H2,1-2H3,(H,24,25)/t16-,17+,18?. The second kappa shape index (κ2) is 7.59. The van der Waals surface area contributed by atoms with Gasteiger partial charge in [-0.3, -0.25) is 9.59 Å². The van der Waals surface area contributed by atoms with Crippen LogP contribution in [0, 0.1) is 31.6 Å². The summed E-state index contributed by atoms with van der Waals surface area (Å²) in [7, 11) is 0. The van der Waals surface area contributed by atoms with Crippen LogP contribution in [0.3, 0.4) is 0 Å². The number of carboxylic acids is 1. The Balaban J connectivity index is 1.66. The fourth-order valence-electron chi connectivity index (χ4n) is 4.61. The number of amides is 1. The summed E-state index contributed by atoms with van der Waals surface area (Å²) in [6, 6.07) is 6.00. The van der Waals surface area contributed by atoms with E-state index in [1.165, 1.54) is 25.7 Å². The lowest BCUT2D eigenvalue weighted by molar-refractivity contribution is -0.145. The van der Waals surface area contributed by atoms with Crippen molar-refractivity contribution in [3.63, 3.8) is 0 Å². The number of fused-ring (bicyclic) bond motifs is 1. The fraction of sp³-hybridized carbons (Fsp3) is 0.619. The van der Waals surface area contributed by atoms with Crippen LogP contribution in [0.25, 0.3) is 0 Å². The number of aryl methyl sites for hydroxylation is 2. The Bertz CT molecular complexity index is 620. The van der Waals surface area contributed by atoms with Crippen molar-refractivity contribution in [2.75, 3.05) is 13.1 Å². The van der Waals surface area contributed by atoms with Crippen molar-refractivity contribution in [2.24, 2.45) is 17.8 Å². The van der Waals surface area contributed by atoms with E-state index in [1.54, 1.807) is 0 Å². The predicted molar refractivity (Wildman–Crippen MR) is 97.4 cm³/mol. The summed E-state index contributed by atoms with van der Waals surface area (Å²) in [5.41, 5.74) is 3.27. The molecule has 1 N–H and O–H groups in total. The molecule has 4 heteroatoms. The molecule has 1 amide bonds. The average Bonchev–Trinajstić information content (AvgIpc) is 3.01. The number of hydrogen-bond donors (Lipinski definition) is 1. The third-order valence-electron chi connectivity index (χ3n) is 6.19. The van der Waals surface area contributed by atoms with Gasteiger partial charge in [0.05, 0.1) is 5.92 Å². The minimum Gasteiger partial charge on any atom is -0.481 e. The van der Waals surface area contributed by atoms with Crippen LogP contribution >= 0.6 is 0 Å². The van der Waals surface area contributed by atoms with Gasteiger partial charge in [0.25, 0.3) is 0 Å². The number of rotatable bonds is 5. The van der Waals surface area contributed by atoms with E-state index in [4.69, 9.17) is 0 Å². The van der Waals surface area contributed by atoms with Crippen LogP contribution in [0.15, 0.2) is 18.2 Å². The smallest absolute Gasteiger partial charge is 0.307 e. The van der Waals surface area contributed by atoms with Gasteiger partial charge in [-0.05, 0) is 61.6 Å². The second-order valence-corrected chi connectivity index (χ2v) is 7.92.